The molecule has 37 heavy (non-hydrogen) atoms. The fourth-order valence-electron chi connectivity index (χ4n) is 4.62. The lowest BCUT2D eigenvalue weighted by Gasteiger charge is -2.34. The summed E-state index contributed by atoms with van der Waals surface area (Å²) in [5.41, 5.74) is 3.14. The highest BCUT2D eigenvalue weighted by Gasteiger charge is 2.18. The van der Waals surface area contributed by atoms with E-state index in [-0.39, 0.29) is 5.91 Å². The fraction of sp³-hybridized carbons (Fsp3) is 0.393. The highest BCUT2D eigenvalue weighted by molar-refractivity contribution is 5.76. The molecule has 0 atom stereocenters. The molecular formula is C28H35N7O2. The Labute approximate surface area is 218 Å². The van der Waals surface area contributed by atoms with E-state index in [1.165, 1.54) is 5.56 Å². The maximum absolute atomic E-state index is 12.3. The van der Waals surface area contributed by atoms with Crippen LogP contribution in [0.25, 0.3) is 0 Å². The second-order valence-electron chi connectivity index (χ2n) is 9.54. The summed E-state index contributed by atoms with van der Waals surface area (Å²) in [6, 6.07) is 18.2. The van der Waals surface area contributed by atoms with Crippen molar-refractivity contribution in [3.05, 3.63) is 66.5 Å². The molecule has 9 nitrogen and oxygen atoms in total. The van der Waals surface area contributed by atoms with E-state index in [1.54, 1.807) is 6.33 Å². The van der Waals surface area contributed by atoms with Gasteiger partial charge in [-0.15, -0.1) is 0 Å². The summed E-state index contributed by atoms with van der Waals surface area (Å²) >= 11 is 0. The number of amides is 1. The molecule has 1 saturated heterocycles. The van der Waals surface area contributed by atoms with Gasteiger partial charge in [-0.2, -0.15) is 0 Å². The van der Waals surface area contributed by atoms with Crippen LogP contribution in [0.4, 0.5) is 23.0 Å². The number of hydrogen-bond donors (Lipinski definition) is 3. The minimum absolute atomic E-state index is 0.128. The quantitative estimate of drug-likeness (QED) is 0.429. The number of rotatable bonds is 0. The number of nitrogens with one attached hydrogen (secondary N) is 3. The summed E-state index contributed by atoms with van der Waals surface area (Å²) in [6.07, 6.45) is 3.87. The number of piperazine rings is 1. The number of aromatic nitrogens is 2. The molecule has 1 fully saturated rings. The van der Waals surface area contributed by atoms with Gasteiger partial charge in [-0.05, 0) is 42.7 Å². The summed E-state index contributed by atoms with van der Waals surface area (Å²) in [5, 5.41) is 9.80. The first-order valence-electron chi connectivity index (χ1n) is 13.1. The van der Waals surface area contributed by atoms with Crippen molar-refractivity contribution in [1.82, 2.24) is 25.1 Å². The zero-order valence-corrected chi connectivity index (χ0v) is 21.2. The number of fused-ring (bicyclic) bond motifs is 10. The van der Waals surface area contributed by atoms with Crippen LogP contribution in [0.1, 0.15) is 24.8 Å². The van der Waals surface area contributed by atoms with Crippen LogP contribution in [0.5, 0.6) is 5.75 Å². The molecule has 0 aliphatic carbocycles. The summed E-state index contributed by atoms with van der Waals surface area (Å²) in [4.78, 5) is 25.9. The molecule has 8 bridgehead atoms. The van der Waals surface area contributed by atoms with Crippen molar-refractivity contribution in [2.24, 2.45) is 0 Å². The molecule has 1 aromatic heterocycles. The van der Waals surface area contributed by atoms with Gasteiger partial charge in [0.1, 0.15) is 23.7 Å². The third-order valence-electron chi connectivity index (χ3n) is 6.66. The lowest BCUT2D eigenvalue weighted by molar-refractivity contribution is -0.121. The van der Waals surface area contributed by atoms with Gasteiger partial charge in [0, 0.05) is 75.7 Å². The largest absolute Gasteiger partial charge is 0.494 e. The first kappa shape index (κ1) is 25.0. The summed E-state index contributed by atoms with van der Waals surface area (Å²) in [7, 11) is 0. The van der Waals surface area contributed by atoms with Crippen LogP contribution in [0.3, 0.4) is 0 Å². The van der Waals surface area contributed by atoms with E-state index >= 15 is 0 Å². The number of anilines is 4. The van der Waals surface area contributed by atoms with Gasteiger partial charge in [-0.1, -0.05) is 18.2 Å². The Hall–Kier alpha value is -3.69. The summed E-state index contributed by atoms with van der Waals surface area (Å²) < 4.78 is 5.93. The second-order valence-corrected chi connectivity index (χ2v) is 9.54. The van der Waals surface area contributed by atoms with Crippen molar-refractivity contribution in [2.45, 2.75) is 25.8 Å². The zero-order valence-electron chi connectivity index (χ0n) is 21.2. The fourth-order valence-corrected chi connectivity index (χ4v) is 4.62. The predicted molar refractivity (Wildman–Crippen MR) is 146 cm³/mol. The minimum atomic E-state index is 0.128. The number of carbonyl (C=O) groups is 1. The third kappa shape index (κ3) is 7.65. The number of nitrogens with zero attached hydrogens (tertiary/aromatic N) is 4. The molecule has 3 aliphatic heterocycles. The van der Waals surface area contributed by atoms with Crippen LogP contribution < -0.4 is 20.7 Å². The summed E-state index contributed by atoms with van der Waals surface area (Å²) in [5.74, 6) is 2.35. The Morgan fingerprint density at radius 3 is 2.32 bits per heavy atom. The van der Waals surface area contributed by atoms with Gasteiger partial charge in [-0.25, -0.2) is 9.97 Å². The van der Waals surface area contributed by atoms with Crippen LogP contribution in [-0.2, 0) is 11.3 Å². The van der Waals surface area contributed by atoms with E-state index in [0.717, 1.165) is 75.1 Å². The van der Waals surface area contributed by atoms with Crippen molar-refractivity contribution in [1.29, 1.82) is 0 Å². The zero-order chi connectivity index (χ0) is 25.3. The lowest BCUT2D eigenvalue weighted by atomic mass is 10.1. The van der Waals surface area contributed by atoms with Gasteiger partial charge in [-0.3, -0.25) is 9.69 Å². The Morgan fingerprint density at radius 2 is 1.51 bits per heavy atom. The molecule has 6 rings (SSSR count). The molecule has 0 saturated carbocycles. The summed E-state index contributed by atoms with van der Waals surface area (Å²) in [6.45, 7) is 6.97. The van der Waals surface area contributed by atoms with Gasteiger partial charge >= 0.3 is 0 Å². The molecule has 0 spiro atoms. The van der Waals surface area contributed by atoms with Crippen molar-refractivity contribution < 1.29 is 9.53 Å². The topological polar surface area (TPSA) is 94.7 Å². The first-order chi connectivity index (χ1) is 18.2. The number of ether oxygens (including phenoxy) is 1. The van der Waals surface area contributed by atoms with Crippen LogP contribution in [0.15, 0.2) is 60.9 Å². The molecule has 0 radical (unpaired) electrons. The smallest absolute Gasteiger partial charge is 0.221 e. The molecular weight excluding hydrogens is 466 g/mol. The Morgan fingerprint density at radius 1 is 0.784 bits per heavy atom. The lowest BCUT2D eigenvalue weighted by Crippen LogP contribution is -2.46. The standard InChI is InChI=1S/C28H35N7O2/c36-28-9-11-34-12-14-35(15-13-34)20-22-5-3-6-23(17-22)32-26-19-27(31-21-30-26)33-24-7-4-8-25(18-24)37-16-2-1-10-29-28/h3-8,17-19,21H,1-2,9-16,20H2,(H,29,36)(H2,30,31,32,33). The molecule has 4 heterocycles. The average Bonchev–Trinajstić information content (AvgIpc) is 2.90. The van der Waals surface area contributed by atoms with E-state index in [4.69, 9.17) is 4.74 Å². The normalized spacial score (nSPS) is 21.2. The maximum atomic E-state index is 12.3. The maximum Gasteiger partial charge on any atom is 0.221 e. The molecule has 3 N–H and O–H groups in total. The number of carbonyl (C=O) groups excluding carboxylic acids is 1. The van der Waals surface area contributed by atoms with Crippen molar-refractivity contribution in [3.8, 4) is 5.75 Å². The highest BCUT2D eigenvalue weighted by Crippen LogP contribution is 2.23. The van der Waals surface area contributed by atoms with Crippen molar-refractivity contribution in [3.63, 3.8) is 0 Å². The van der Waals surface area contributed by atoms with Gasteiger partial charge in [0.15, 0.2) is 0 Å². The molecule has 0 unspecified atom stereocenters. The second kappa shape index (κ2) is 12.5. The molecule has 194 valence electrons. The van der Waals surface area contributed by atoms with Crippen LogP contribution in [0.2, 0.25) is 0 Å². The number of hydrogen-bond acceptors (Lipinski definition) is 8. The molecule has 3 aromatic rings. The molecule has 9 heteroatoms. The molecule has 1 amide bonds. The third-order valence-corrected chi connectivity index (χ3v) is 6.66. The Bertz CT molecular complexity index is 1180. The molecule has 3 aliphatic rings. The number of benzene rings is 2. The van der Waals surface area contributed by atoms with Gasteiger partial charge in [0.05, 0.1) is 6.61 Å². The van der Waals surface area contributed by atoms with E-state index < -0.39 is 0 Å². The van der Waals surface area contributed by atoms with Crippen molar-refractivity contribution in [2.75, 3.05) is 56.5 Å². The van der Waals surface area contributed by atoms with Gasteiger partial charge < -0.3 is 25.6 Å². The van der Waals surface area contributed by atoms with Crippen LogP contribution >= 0.6 is 0 Å². The monoisotopic (exact) mass is 501 g/mol. The van der Waals surface area contributed by atoms with E-state index in [2.05, 4.69) is 60.0 Å². The first-order valence-corrected chi connectivity index (χ1v) is 13.1. The van der Waals surface area contributed by atoms with Gasteiger partial charge in [0.2, 0.25) is 5.91 Å². The average molecular weight is 502 g/mol. The van der Waals surface area contributed by atoms with Crippen molar-refractivity contribution >= 4 is 28.9 Å². The predicted octanol–water partition coefficient (Wildman–Crippen LogP) is 3.76. The van der Waals surface area contributed by atoms with Gasteiger partial charge in [0.25, 0.3) is 0 Å². The molecule has 2 aromatic carbocycles. The minimum Gasteiger partial charge on any atom is -0.494 e. The highest BCUT2D eigenvalue weighted by atomic mass is 16.5. The SMILES string of the molecule is O=C1CCN2CCN(CC2)Cc2cccc(c2)Nc2cc(ncn2)Nc2cccc(c2)OCCCCN1. The van der Waals surface area contributed by atoms with Crippen LogP contribution in [-0.4, -0.2) is 71.6 Å². The van der Waals surface area contributed by atoms with E-state index in [1.807, 2.05) is 30.3 Å². The Balaban J connectivity index is 1.29. The van der Waals surface area contributed by atoms with E-state index in [0.29, 0.717) is 25.4 Å². The van der Waals surface area contributed by atoms with E-state index in [9.17, 15) is 4.79 Å². The Kier molecular flexibility index (Phi) is 8.45. The van der Waals surface area contributed by atoms with Crippen LogP contribution in [0, 0.1) is 0 Å².